The zero-order chi connectivity index (χ0) is 17.0. The molecule has 6 heteroatoms. The lowest BCUT2D eigenvalue weighted by Gasteiger charge is -2.16. The highest BCUT2D eigenvalue weighted by molar-refractivity contribution is 6.43. The molecule has 0 aromatic heterocycles. The summed E-state index contributed by atoms with van der Waals surface area (Å²) in [7, 11) is 0. The van der Waals surface area contributed by atoms with Crippen molar-refractivity contribution in [3.8, 4) is 5.75 Å². The summed E-state index contributed by atoms with van der Waals surface area (Å²) in [4.78, 5) is 12.2. The number of hydrogen-bond acceptors (Lipinski definition) is 2. The molecule has 1 N–H and O–H groups in total. The fourth-order valence-electron chi connectivity index (χ4n) is 1.91. The second-order valence-corrected chi connectivity index (χ2v) is 6.22. The third-order valence-electron chi connectivity index (χ3n) is 3.28. The molecule has 0 aliphatic rings. The highest BCUT2D eigenvalue weighted by Crippen LogP contribution is 2.34. The largest absolute Gasteiger partial charge is 0.479 e. The van der Waals surface area contributed by atoms with Crippen LogP contribution in [0.1, 0.15) is 19.4 Å². The number of amides is 1. The van der Waals surface area contributed by atoms with Crippen molar-refractivity contribution in [3.05, 3.63) is 57.0 Å². The second-order valence-electron chi connectivity index (χ2n) is 5.00. The average Bonchev–Trinajstić information content (AvgIpc) is 2.53. The Balaban J connectivity index is 2.03. The van der Waals surface area contributed by atoms with Gasteiger partial charge in [-0.15, -0.1) is 0 Å². The molecule has 0 fully saturated rings. The number of halogens is 3. The Kier molecular flexibility index (Phi) is 6.17. The van der Waals surface area contributed by atoms with Crippen molar-refractivity contribution in [2.75, 3.05) is 5.32 Å². The van der Waals surface area contributed by atoms with E-state index < -0.39 is 6.10 Å². The molecule has 3 nitrogen and oxygen atoms in total. The molecule has 0 spiro atoms. The van der Waals surface area contributed by atoms with Crippen LogP contribution in [-0.2, 0) is 11.2 Å². The predicted octanol–water partition coefficient (Wildman–Crippen LogP) is 5.62. The number of aryl methyl sites for hydroxylation is 1. The lowest BCUT2D eigenvalue weighted by atomic mass is 10.1. The summed E-state index contributed by atoms with van der Waals surface area (Å²) in [5, 5.41) is 3.73. The molecule has 0 saturated heterocycles. The summed E-state index contributed by atoms with van der Waals surface area (Å²) in [6, 6.07) is 10.6. The minimum absolute atomic E-state index is 0.281. The quantitative estimate of drug-likeness (QED) is 0.692. The fraction of sp³-hybridized carbons (Fsp3) is 0.235. The molecule has 2 aromatic rings. The molecular weight excluding hydrogens is 357 g/mol. The zero-order valence-corrected chi connectivity index (χ0v) is 15.0. The number of rotatable bonds is 5. The lowest BCUT2D eigenvalue weighted by Crippen LogP contribution is -2.30. The predicted molar refractivity (Wildman–Crippen MR) is 96.0 cm³/mol. The summed E-state index contributed by atoms with van der Waals surface area (Å²) in [5.74, 6) is 0.0291. The minimum Gasteiger partial charge on any atom is -0.479 e. The van der Waals surface area contributed by atoms with Gasteiger partial charge in [0.05, 0.1) is 15.1 Å². The summed E-state index contributed by atoms with van der Waals surface area (Å²) in [6.07, 6.45) is 0.208. The van der Waals surface area contributed by atoms with Crippen LogP contribution in [0.2, 0.25) is 15.1 Å². The first-order valence-electron chi connectivity index (χ1n) is 7.11. The molecule has 2 aromatic carbocycles. The van der Waals surface area contributed by atoms with Crippen molar-refractivity contribution in [2.24, 2.45) is 0 Å². The van der Waals surface area contributed by atoms with Gasteiger partial charge in [-0.2, -0.15) is 0 Å². The molecule has 122 valence electrons. The summed E-state index contributed by atoms with van der Waals surface area (Å²) < 4.78 is 5.57. The van der Waals surface area contributed by atoms with Gasteiger partial charge >= 0.3 is 0 Å². The Morgan fingerprint density at radius 1 is 1.09 bits per heavy atom. The van der Waals surface area contributed by atoms with E-state index in [4.69, 9.17) is 39.5 Å². The maximum absolute atomic E-state index is 12.2. The summed E-state index contributed by atoms with van der Waals surface area (Å²) in [5.41, 5.74) is 1.91. The van der Waals surface area contributed by atoms with Gasteiger partial charge < -0.3 is 10.1 Å². The van der Waals surface area contributed by atoms with Crippen LogP contribution in [0.5, 0.6) is 5.75 Å². The highest BCUT2D eigenvalue weighted by Gasteiger charge is 2.17. The third-order valence-corrected chi connectivity index (χ3v) is 4.30. The lowest BCUT2D eigenvalue weighted by molar-refractivity contribution is -0.122. The van der Waals surface area contributed by atoms with Crippen LogP contribution in [-0.4, -0.2) is 12.0 Å². The molecule has 23 heavy (non-hydrogen) atoms. The van der Waals surface area contributed by atoms with E-state index in [1.54, 1.807) is 6.92 Å². The molecule has 0 saturated carbocycles. The molecule has 1 atom stereocenters. The Labute approximate surface area is 150 Å². The monoisotopic (exact) mass is 371 g/mol. The van der Waals surface area contributed by atoms with Gasteiger partial charge in [0, 0.05) is 11.8 Å². The van der Waals surface area contributed by atoms with Gasteiger partial charge in [-0.1, -0.05) is 53.9 Å². The number of ether oxygens (including phenoxy) is 1. The Morgan fingerprint density at radius 2 is 1.70 bits per heavy atom. The maximum Gasteiger partial charge on any atom is 0.265 e. The number of carbonyl (C=O) groups is 1. The molecule has 1 amide bonds. The smallest absolute Gasteiger partial charge is 0.265 e. The van der Waals surface area contributed by atoms with E-state index in [1.807, 2.05) is 24.3 Å². The molecule has 0 aliphatic carbocycles. The number of carbonyl (C=O) groups excluding carboxylic acids is 1. The molecule has 0 bridgehead atoms. The van der Waals surface area contributed by atoms with Gasteiger partial charge in [0.25, 0.3) is 5.91 Å². The van der Waals surface area contributed by atoms with Crippen LogP contribution >= 0.6 is 34.8 Å². The number of anilines is 1. The van der Waals surface area contributed by atoms with Gasteiger partial charge in [0.1, 0.15) is 5.75 Å². The van der Waals surface area contributed by atoms with E-state index in [0.29, 0.717) is 26.5 Å². The fourth-order valence-corrected chi connectivity index (χ4v) is 2.49. The van der Waals surface area contributed by atoms with Crippen LogP contribution in [0.4, 0.5) is 5.69 Å². The molecule has 0 heterocycles. The van der Waals surface area contributed by atoms with E-state index in [1.165, 1.54) is 17.7 Å². The van der Waals surface area contributed by atoms with Crippen molar-refractivity contribution < 1.29 is 9.53 Å². The van der Waals surface area contributed by atoms with Gasteiger partial charge in [0.2, 0.25) is 0 Å². The van der Waals surface area contributed by atoms with Crippen molar-refractivity contribution >= 4 is 46.4 Å². The first kappa shape index (κ1) is 17.9. The van der Waals surface area contributed by atoms with E-state index in [9.17, 15) is 4.79 Å². The first-order chi connectivity index (χ1) is 10.9. The Morgan fingerprint density at radius 3 is 2.30 bits per heavy atom. The van der Waals surface area contributed by atoms with Crippen molar-refractivity contribution in [1.29, 1.82) is 0 Å². The maximum atomic E-state index is 12.2. The van der Waals surface area contributed by atoms with E-state index in [0.717, 1.165) is 6.42 Å². The molecular formula is C17H16Cl3NO2. The molecule has 0 radical (unpaired) electrons. The minimum atomic E-state index is -0.740. The average molecular weight is 373 g/mol. The van der Waals surface area contributed by atoms with E-state index >= 15 is 0 Å². The normalized spacial score (nSPS) is 11.9. The van der Waals surface area contributed by atoms with Gasteiger partial charge in [-0.05, 0) is 37.1 Å². The summed E-state index contributed by atoms with van der Waals surface area (Å²) >= 11 is 17.8. The van der Waals surface area contributed by atoms with E-state index in [-0.39, 0.29) is 5.91 Å². The molecule has 2 rings (SSSR count). The second kappa shape index (κ2) is 7.91. The van der Waals surface area contributed by atoms with Crippen LogP contribution in [0.15, 0.2) is 36.4 Å². The van der Waals surface area contributed by atoms with E-state index in [2.05, 4.69) is 12.2 Å². The van der Waals surface area contributed by atoms with Gasteiger partial charge in [-0.3, -0.25) is 4.79 Å². The van der Waals surface area contributed by atoms with Crippen molar-refractivity contribution in [2.45, 2.75) is 26.4 Å². The first-order valence-corrected chi connectivity index (χ1v) is 8.25. The number of hydrogen-bond donors (Lipinski definition) is 1. The van der Waals surface area contributed by atoms with Crippen molar-refractivity contribution in [1.82, 2.24) is 0 Å². The zero-order valence-electron chi connectivity index (χ0n) is 12.7. The Bertz CT molecular complexity index is 702. The summed E-state index contributed by atoms with van der Waals surface area (Å²) in [6.45, 7) is 3.71. The van der Waals surface area contributed by atoms with Crippen LogP contribution in [0, 0.1) is 0 Å². The van der Waals surface area contributed by atoms with Crippen LogP contribution < -0.4 is 10.1 Å². The Hall–Kier alpha value is -1.42. The van der Waals surface area contributed by atoms with Crippen molar-refractivity contribution in [3.63, 3.8) is 0 Å². The van der Waals surface area contributed by atoms with Gasteiger partial charge in [0.15, 0.2) is 6.10 Å². The molecule has 0 unspecified atom stereocenters. The molecule has 0 aliphatic heterocycles. The third kappa shape index (κ3) is 4.77. The number of benzene rings is 2. The highest BCUT2D eigenvalue weighted by atomic mass is 35.5. The van der Waals surface area contributed by atoms with Crippen LogP contribution in [0.3, 0.4) is 0 Å². The SMILES string of the molecule is CCc1ccc(NC(=O)[C@@H](C)Oc2cc(Cl)c(Cl)cc2Cl)cc1. The number of nitrogens with one attached hydrogen (secondary N) is 1. The standard InChI is InChI=1S/C17H16Cl3NO2/c1-3-11-4-6-12(7-5-11)21-17(22)10(2)23-16-9-14(19)13(18)8-15(16)20/h4-10H,3H2,1-2H3,(H,21,22)/t10-/m1/s1. The topological polar surface area (TPSA) is 38.3 Å². The van der Waals surface area contributed by atoms with Gasteiger partial charge in [-0.25, -0.2) is 0 Å². The van der Waals surface area contributed by atoms with Crippen LogP contribution in [0.25, 0.3) is 0 Å².